The lowest BCUT2D eigenvalue weighted by atomic mass is 10.0. The first-order valence-electron chi connectivity index (χ1n) is 6.28. The topological polar surface area (TPSA) is 25.2 Å². The number of hydrogen-bond donors (Lipinski definition) is 1. The lowest BCUT2D eigenvalue weighted by Crippen LogP contribution is -2.19. The predicted octanol–water partition coefficient (Wildman–Crippen LogP) is 3.74. The molecular formula is C15H17F2NO. The maximum Gasteiger partial charge on any atom is 0.164 e. The van der Waals surface area contributed by atoms with Gasteiger partial charge in [0.2, 0.25) is 0 Å². The van der Waals surface area contributed by atoms with Crippen molar-refractivity contribution in [3.05, 3.63) is 58.5 Å². The van der Waals surface area contributed by atoms with Crippen molar-refractivity contribution < 1.29 is 13.2 Å². The molecule has 1 aromatic carbocycles. The summed E-state index contributed by atoms with van der Waals surface area (Å²) in [5, 5.41) is 2.96. The molecule has 0 aliphatic heterocycles. The van der Waals surface area contributed by atoms with Gasteiger partial charge in [-0.15, -0.1) is 0 Å². The van der Waals surface area contributed by atoms with Crippen LogP contribution in [0.4, 0.5) is 8.78 Å². The van der Waals surface area contributed by atoms with Gasteiger partial charge in [0.05, 0.1) is 6.04 Å². The fraction of sp³-hybridized carbons (Fsp3) is 0.333. The first-order valence-corrected chi connectivity index (χ1v) is 6.28. The molecule has 1 atom stereocenters. The van der Waals surface area contributed by atoms with Gasteiger partial charge in [0.15, 0.2) is 11.6 Å². The first-order chi connectivity index (χ1) is 9.08. The largest absolute Gasteiger partial charge is 0.464 e. The number of benzene rings is 1. The molecule has 2 aromatic rings. The second kappa shape index (κ2) is 5.53. The smallest absolute Gasteiger partial charge is 0.164 e. The van der Waals surface area contributed by atoms with Crippen molar-refractivity contribution in [3.8, 4) is 0 Å². The van der Waals surface area contributed by atoms with Crippen molar-refractivity contribution >= 4 is 0 Å². The fourth-order valence-electron chi connectivity index (χ4n) is 2.07. The van der Waals surface area contributed by atoms with E-state index in [1.807, 2.05) is 13.0 Å². The van der Waals surface area contributed by atoms with Crippen LogP contribution < -0.4 is 5.32 Å². The molecule has 1 aromatic heterocycles. The highest BCUT2D eigenvalue weighted by molar-refractivity contribution is 5.32. The van der Waals surface area contributed by atoms with Gasteiger partial charge in [0.1, 0.15) is 11.5 Å². The zero-order valence-corrected chi connectivity index (χ0v) is 11.3. The van der Waals surface area contributed by atoms with Crippen molar-refractivity contribution in [2.45, 2.75) is 26.3 Å². The third kappa shape index (κ3) is 2.54. The molecule has 1 unspecified atom stereocenters. The standard InChI is InChI=1S/C15H17F2NO/c1-4-10-6-8-12(19-10)15(18-3)11-7-5-9(2)13(16)14(11)17/h5-8,15,18H,4H2,1-3H3. The van der Waals surface area contributed by atoms with Crippen LogP contribution in [0.2, 0.25) is 0 Å². The third-order valence-electron chi connectivity index (χ3n) is 3.22. The van der Waals surface area contributed by atoms with Gasteiger partial charge >= 0.3 is 0 Å². The SMILES string of the molecule is CCc1ccc(C(NC)c2ccc(C)c(F)c2F)o1. The van der Waals surface area contributed by atoms with E-state index >= 15 is 0 Å². The van der Waals surface area contributed by atoms with Crippen LogP contribution >= 0.6 is 0 Å². The molecule has 0 radical (unpaired) electrons. The van der Waals surface area contributed by atoms with Gasteiger partial charge < -0.3 is 9.73 Å². The number of furan rings is 1. The summed E-state index contributed by atoms with van der Waals surface area (Å²) in [5.74, 6) is -0.224. The van der Waals surface area contributed by atoms with Gasteiger partial charge in [-0.25, -0.2) is 8.78 Å². The van der Waals surface area contributed by atoms with Crippen LogP contribution in [0.3, 0.4) is 0 Å². The van der Waals surface area contributed by atoms with Gasteiger partial charge in [-0.2, -0.15) is 0 Å². The number of hydrogen-bond acceptors (Lipinski definition) is 2. The molecule has 0 bridgehead atoms. The fourth-order valence-corrected chi connectivity index (χ4v) is 2.07. The van der Waals surface area contributed by atoms with E-state index in [2.05, 4.69) is 5.32 Å². The van der Waals surface area contributed by atoms with Crippen molar-refractivity contribution in [1.82, 2.24) is 5.32 Å². The Balaban J connectivity index is 2.45. The predicted molar refractivity (Wildman–Crippen MR) is 70.1 cm³/mol. The molecule has 4 heteroatoms. The van der Waals surface area contributed by atoms with Gasteiger partial charge in [-0.1, -0.05) is 19.1 Å². The maximum atomic E-state index is 14.0. The van der Waals surface area contributed by atoms with E-state index < -0.39 is 17.7 Å². The zero-order valence-electron chi connectivity index (χ0n) is 11.3. The van der Waals surface area contributed by atoms with E-state index in [1.54, 1.807) is 32.2 Å². The van der Waals surface area contributed by atoms with E-state index in [-0.39, 0.29) is 5.56 Å². The van der Waals surface area contributed by atoms with Crippen LogP contribution in [0.15, 0.2) is 28.7 Å². The minimum Gasteiger partial charge on any atom is -0.464 e. The molecular weight excluding hydrogens is 248 g/mol. The monoisotopic (exact) mass is 265 g/mol. The van der Waals surface area contributed by atoms with Gasteiger partial charge in [0.25, 0.3) is 0 Å². The Morgan fingerprint density at radius 2 is 1.89 bits per heavy atom. The zero-order chi connectivity index (χ0) is 14.0. The number of halogens is 2. The molecule has 2 rings (SSSR count). The van der Waals surface area contributed by atoms with Gasteiger partial charge in [-0.05, 0) is 31.7 Å². The number of rotatable bonds is 4. The summed E-state index contributed by atoms with van der Waals surface area (Å²) in [7, 11) is 1.69. The molecule has 0 amide bonds. The van der Waals surface area contributed by atoms with Crippen LogP contribution in [0.1, 0.15) is 35.6 Å². The molecule has 0 aliphatic carbocycles. The Bertz CT molecular complexity index is 578. The van der Waals surface area contributed by atoms with Crippen molar-refractivity contribution in [2.24, 2.45) is 0 Å². The van der Waals surface area contributed by atoms with Crippen molar-refractivity contribution in [3.63, 3.8) is 0 Å². The van der Waals surface area contributed by atoms with Crippen LogP contribution in [-0.2, 0) is 6.42 Å². The highest BCUT2D eigenvalue weighted by Crippen LogP contribution is 2.28. The van der Waals surface area contributed by atoms with E-state index in [1.165, 1.54) is 0 Å². The molecule has 0 aliphatic rings. The average molecular weight is 265 g/mol. The molecule has 0 fully saturated rings. The first kappa shape index (κ1) is 13.7. The quantitative estimate of drug-likeness (QED) is 0.911. The van der Waals surface area contributed by atoms with Gasteiger partial charge in [0, 0.05) is 12.0 Å². The van der Waals surface area contributed by atoms with Crippen molar-refractivity contribution in [2.75, 3.05) is 7.05 Å². The maximum absolute atomic E-state index is 14.0. The Kier molecular flexibility index (Phi) is 4.00. The average Bonchev–Trinajstić information content (AvgIpc) is 2.88. The third-order valence-corrected chi connectivity index (χ3v) is 3.22. The Hall–Kier alpha value is -1.68. The van der Waals surface area contributed by atoms with Crippen LogP contribution in [0, 0.1) is 18.6 Å². The molecule has 0 spiro atoms. The molecule has 19 heavy (non-hydrogen) atoms. The number of nitrogens with one attached hydrogen (secondary N) is 1. The number of aryl methyl sites for hydroxylation is 2. The van der Waals surface area contributed by atoms with Crippen LogP contribution in [-0.4, -0.2) is 7.05 Å². The van der Waals surface area contributed by atoms with E-state index in [0.29, 0.717) is 11.3 Å². The van der Waals surface area contributed by atoms with Gasteiger partial charge in [-0.3, -0.25) is 0 Å². The van der Waals surface area contributed by atoms with Crippen LogP contribution in [0.5, 0.6) is 0 Å². The highest BCUT2D eigenvalue weighted by Gasteiger charge is 2.22. The molecule has 0 saturated heterocycles. The van der Waals surface area contributed by atoms with Crippen molar-refractivity contribution in [1.29, 1.82) is 0 Å². The van der Waals surface area contributed by atoms with E-state index in [4.69, 9.17) is 4.42 Å². The molecule has 1 N–H and O–H groups in total. The van der Waals surface area contributed by atoms with Crippen LogP contribution in [0.25, 0.3) is 0 Å². The second-order valence-electron chi connectivity index (χ2n) is 4.48. The summed E-state index contributed by atoms with van der Waals surface area (Å²) in [4.78, 5) is 0. The summed E-state index contributed by atoms with van der Waals surface area (Å²) in [6, 6.07) is 6.31. The molecule has 0 saturated carbocycles. The Morgan fingerprint density at radius 1 is 1.16 bits per heavy atom. The summed E-state index contributed by atoms with van der Waals surface area (Å²) < 4.78 is 33.3. The summed E-state index contributed by atoms with van der Waals surface area (Å²) in [6.45, 7) is 3.52. The summed E-state index contributed by atoms with van der Waals surface area (Å²) in [6.07, 6.45) is 0.765. The molecule has 2 nitrogen and oxygen atoms in total. The normalized spacial score (nSPS) is 12.7. The summed E-state index contributed by atoms with van der Waals surface area (Å²) in [5.41, 5.74) is 0.549. The Morgan fingerprint density at radius 3 is 2.47 bits per heavy atom. The minimum absolute atomic E-state index is 0.252. The summed E-state index contributed by atoms with van der Waals surface area (Å²) >= 11 is 0. The Labute approximate surface area is 111 Å². The second-order valence-corrected chi connectivity index (χ2v) is 4.48. The molecule has 1 heterocycles. The van der Waals surface area contributed by atoms with E-state index in [9.17, 15) is 8.78 Å². The highest BCUT2D eigenvalue weighted by atomic mass is 19.2. The minimum atomic E-state index is -0.825. The lowest BCUT2D eigenvalue weighted by Gasteiger charge is -2.16. The molecule has 102 valence electrons. The van der Waals surface area contributed by atoms with E-state index in [0.717, 1.165) is 12.2 Å². The lowest BCUT2D eigenvalue weighted by molar-refractivity contribution is 0.419.